The summed E-state index contributed by atoms with van der Waals surface area (Å²) in [6.45, 7) is 2.19. The molecule has 0 saturated carbocycles. The van der Waals surface area contributed by atoms with Crippen LogP contribution in [0.2, 0.25) is 0 Å². The van der Waals surface area contributed by atoms with E-state index < -0.39 is 5.97 Å². The third-order valence-corrected chi connectivity index (χ3v) is 3.49. The average molecular weight is 277 g/mol. The highest BCUT2D eigenvalue weighted by Gasteiger charge is 2.18. The normalized spacial score (nSPS) is 11.2. The molecule has 0 bridgehead atoms. The molecule has 0 unspecified atom stereocenters. The summed E-state index contributed by atoms with van der Waals surface area (Å²) < 4.78 is 1.79. The van der Waals surface area contributed by atoms with Gasteiger partial charge in [0.1, 0.15) is 0 Å². The van der Waals surface area contributed by atoms with Gasteiger partial charge < -0.3 is 19.9 Å². The molecular formula is C15H19NO4. The molecule has 2 rings (SSSR count). The number of carboxylic acids is 1. The minimum atomic E-state index is -0.959. The molecule has 0 fully saturated rings. The summed E-state index contributed by atoms with van der Waals surface area (Å²) in [5, 5.41) is 28.4. The summed E-state index contributed by atoms with van der Waals surface area (Å²) in [6.07, 6.45) is 3.20. The maximum Gasteiger partial charge on any atom is 0.338 e. The van der Waals surface area contributed by atoms with Gasteiger partial charge in [-0.2, -0.15) is 0 Å². The molecule has 0 spiro atoms. The molecule has 0 atom stereocenters. The number of carbonyl (C=O) groups is 1. The molecule has 0 amide bonds. The molecule has 108 valence electrons. The van der Waals surface area contributed by atoms with E-state index in [4.69, 9.17) is 10.2 Å². The molecule has 20 heavy (non-hydrogen) atoms. The Labute approximate surface area is 117 Å². The van der Waals surface area contributed by atoms with Crippen LogP contribution in [0.15, 0.2) is 18.3 Å². The van der Waals surface area contributed by atoms with Crippen LogP contribution >= 0.6 is 0 Å². The standard InChI is InChI=1S/C15H19NO4/c1-10-4-5-12-11(3-2-7-17)9-16(6-8-18)14(12)13(10)15(19)20/h4-5,9,17-18H,2-3,6-8H2,1H3,(H,19,20). The highest BCUT2D eigenvalue weighted by atomic mass is 16.4. The van der Waals surface area contributed by atoms with E-state index in [1.54, 1.807) is 17.6 Å². The van der Waals surface area contributed by atoms with Crippen LogP contribution < -0.4 is 0 Å². The highest BCUT2D eigenvalue weighted by molar-refractivity contribution is 6.04. The van der Waals surface area contributed by atoms with Crippen molar-refractivity contribution in [3.63, 3.8) is 0 Å². The molecule has 1 aromatic carbocycles. The molecule has 3 N–H and O–H groups in total. The summed E-state index contributed by atoms with van der Waals surface area (Å²) in [5.41, 5.74) is 2.65. The van der Waals surface area contributed by atoms with Gasteiger partial charge in [-0.3, -0.25) is 0 Å². The number of nitrogens with zero attached hydrogens (tertiary/aromatic N) is 1. The van der Waals surface area contributed by atoms with Gasteiger partial charge in [-0.25, -0.2) is 4.79 Å². The van der Waals surface area contributed by atoms with E-state index in [1.807, 2.05) is 12.3 Å². The van der Waals surface area contributed by atoms with Gasteiger partial charge in [0, 0.05) is 24.7 Å². The van der Waals surface area contributed by atoms with Crippen molar-refractivity contribution in [3.8, 4) is 0 Å². The molecule has 0 radical (unpaired) electrons. The largest absolute Gasteiger partial charge is 0.478 e. The zero-order chi connectivity index (χ0) is 14.7. The van der Waals surface area contributed by atoms with Crippen molar-refractivity contribution in [2.75, 3.05) is 13.2 Å². The Bertz CT molecular complexity index is 630. The lowest BCUT2D eigenvalue weighted by molar-refractivity contribution is 0.0697. The van der Waals surface area contributed by atoms with Crippen LogP contribution in [0, 0.1) is 6.92 Å². The lowest BCUT2D eigenvalue weighted by atomic mass is 10.0. The molecule has 0 aliphatic carbocycles. The third-order valence-electron chi connectivity index (χ3n) is 3.49. The van der Waals surface area contributed by atoms with E-state index in [1.165, 1.54) is 0 Å². The number of aryl methyl sites for hydroxylation is 2. The van der Waals surface area contributed by atoms with E-state index in [2.05, 4.69) is 0 Å². The van der Waals surface area contributed by atoms with E-state index in [-0.39, 0.29) is 18.8 Å². The number of aromatic nitrogens is 1. The Hall–Kier alpha value is -1.85. The first-order valence-electron chi connectivity index (χ1n) is 6.66. The number of aliphatic hydroxyl groups is 2. The third kappa shape index (κ3) is 2.55. The van der Waals surface area contributed by atoms with Gasteiger partial charge in [0.15, 0.2) is 0 Å². The number of fused-ring (bicyclic) bond motifs is 1. The first-order valence-corrected chi connectivity index (χ1v) is 6.66. The Morgan fingerprint density at radius 1 is 1.25 bits per heavy atom. The molecule has 5 heteroatoms. The Kier molecular flexibility index (Phi) is 4.42. The van der Waals surface area contributed by atoms with Gasteiger partial charge in [-0.15, -0.1) is 0 Å². The van der Waals surface area contributed by atoms with E-state index in [9.17, 15) is 9.90 Å². The summed E-state index contributed by atoms with van der Waals surface area (Å²) in [4.78, 5) is 11.5. The summed E-state index contributed by atoms with van der Waals surface area (Å²) in [7, 11) is 0. The van der Waals surface area contributed by atoms with Crippen LogP contribution in [-0.2, 0) is 13.0 Å². The van der Waals surface area contributed by atoms with Crippen LogP contribution in [0.25, 0.3) is 10.9 Å². The summed E-state index contributed by atoms with van der Waals surface area (Å²) in [6, 6.07) is 3.72. The van der Waals surface area contributed by atoms with Crippen LogP contribution in [0.3, 0.4) is 0 Å². The second kappa shape index (κ2) is 6.07. The molecular weight excluding hydrogens is 258 g/mol. The molecule has 5 nitrogen and oxygen atoms in total. The molecule has 0 saturated heterocycles. The monoisotopic (exact) mass is 277 g/mol. The first kappa shape index (κ1) is 14.6. The van der Waals surface area contributed by atoms with E-state index in [0.717, 1.165) is 10.9 Å². The quantitative estimate of drug-likeness (QED) is 0.748. The van der Waals surface area contributed by atoms with Gasteiger partial charge >= 0.3 is 5.97 Å². The predicted octanol–water partition coefficient (Wildman–Crippen LogP) is 1.57. The van der Waals surface area contributed by atoms with Crippen molar-refractivity contribution in [3.05, 3.63) is 35.0 Å². The maximum atomic E-state index is 11.5. The van der Waals surface area contributed by atoms with Crippen LogP contribution in [-0.4, -0.2) is 39.1 Å². The molecule has 0 aliphatic rings. The lowest BCUT2D eigenvalue weighted by Gasteiger charge is -2.08. The SMILES string of the molecule is Cc1ccc2c(CCCO)cn(CCO)c2c1C(=O)O. The van der Waals surface area contributed by atoms with Crippen molar-refractivity contribution < 1.29 is 20.1 Å². The molecule has 1 heterocycles. The molecule has 0 aliphatic heterocycles. The van der Waals surface area contributed by atoms with Gasteiger partial charge in [0.25, 0.3) is 0 Å². The van der Waals surface area contributed by atoms with Gasteiger partial charge in [-0.05, 0) is 30.9 Å². The fourth-order valence-corrected chi connectivity index (χ4v) is 2.59. The zero-order valence-corrected chi connectivity index (χ0v) is 11.5. The van der Waals surface area contributed by atoms with Crippen molar-refractivity contribution in [2.45, 2.75) is 26.3 Å². The van der Waals surface area contributed by atoms with Crippen molar-refractivity contribution in [1.82, 2.24) is 4.57 Å². The van der Waals surface area contributed by atoms with Gasteiger partial charge in [0.2, 0.25) is 0 Å². The summed E-state index contributed by atoms with van der Waals surface area (Å²) >= 11 is 0. The Morgan fingerprint density at radius 3 is 2.60 bits per heavy atom. The molecule has 2 aromatic rings. The van der Waals surface area contributed by atoms with Crippen LogP contribution in [0.1, 0.15) is 27.9 Å². The number of aromatic carboxylic acids is 1. The fourth-order valence-electron chi connectivity index (χ4n) is 2.59. The average Bonchev–Trinajstić information content (AvgIpc) is 2.74. The van der Waals surface area contributed by atoms with E-state index in [0.29, 0.717) is 30.5 Å². The number of benzene rings is 1. The van der Waals surface area contributed by atoms with Gasteiger partial charge in [0.05, 0.1) is 17.7 Å². The van der Waals surface area contributed by atoms with Crippen LogP contribution in [0.5, 0.6) is 0 Å². The first-order chi connectivity index (χ1) is 9.60. The Morgan fingerprint density at radius 2 is 2.00 bits per heavy atom. The van der Waals surface area contributed by atoms with Crippen molar-refractivity contribution >= 4 is 16.9 Å². The summed E-state index contributed by atoms with van der Waals surface area (Å²) in [5.74, 6) is -0.959. The van der Waals surface area contributed by atoms with Gasteiger partial charge in [-0.1, -0.05) is 12.1 Å². The van der Waals surface area contributed by atoms with E-state index >= 15 is 0 Å². The smallest absolute Gasteiger partial charge is 0.338 e. The van der Waals surface area contributed by atoms with Crippen LogP contribution in [0.4, 0.5) is 0 Å². The topological polar surface area (TPSA) is 82.7 Å². The second-order valence-corrected chi connectivity index (χ2v) is 4.86. The minimum absolute atomic E-state index is 0.0454. The highest BCUT2D eigenvalue weighted by Crippen LogP contribution is 2.28. The second-order valence-electron chi connectivity index (χ2n) is 4.86. The Balaban J connectivity index is 2.68. The van der Waals surface area contributed by atoms with Crippen molar-refractivity contribution in [1.29, 1.82) is 0 Å². The lowest BCUT2D eigenvalue weighted by Crippen LogP contribution is -2.07. The van der Waals surface area contributed by atoms with Crippen molar-refractivity contribution in [2.24, 2.45) is 0 Å². The number of aliphatic hydroxyl groups excluding tert-OH is 2. The zero-order valence-electron chi connectivity index (χ0n) is 11.5. The maximum absolute atomic E-state index is 11.5. The molecule has 1 aromatic heterocycles. The number of hydrogen-bond donors (Lipinski definition) is 3. The number of carboxylic acid groups (broad SMARTS) is 1. The number of hydrogen-bond acceptors (Lipinski definition) is 3. The predicted molar refractivity (Wildman–Crippen MR) is 76.1 cm³/mol. The minimum Gasteiger partial charge on any atom is -0.478 e. The number of rotatable bonds is 6. The fraction of sp³-hybridized carbons (Fsp3) is 0.400.